The number of rotatable bonds is 4. The number of hydrogen-bond acceptors (Lipinski definition) is 3. The van der Waals surface area contributed by atoms with Gasteiger partial charge in [0.25, 0.3) is 5.91 Å². The summed E-state index contributed by atoms with van der Waals surface area (Å²) in [7, 11) is 0. The van der Waals surface area contributed by atoms with Crippen LogP contribution in [0.2, 0.25) is 0 Å². The van der Waals surface area contributed by atoms with Crippen LogP contribution in [0.3, 0.4) is 0 Å². The van der Waals surface area contributed by atoms with E-state index in [9.17, 15) is 4.79 Å². The van der Waals surface area contributed by atoms with E-state index in [0.29, 0.717) is 5.69 Å². The lowest BCUT2D eigenvalue weighted by atomic mass is 10.1. The minimum absolute atomic E-state index is 0.0259. The maximum absolute atomic E-state index is 12.1. The Kier molecular flexibility index (Phi) is 3.56. The van der Waals surface area contributed by atoms with Gasteiger partial charge in [0.05, 0.1) is 12.5 Å². The molecule has 88 valence electrons. The van der Waals surface area contributed by atoms with Crippen LogP contribution in [0.4, 0.5) is 0 Å². The number of imidazole rings is 1. The Balaban J connectivity index is 1.99. The first-order valence-electron chi connectivity index (χ1n) is 5.73. The van der Waals surface area contributed by atoms with Gasteiger partial charge in [-0.25, -0.2) is 4.98 Å². The molecule has 0 saturated carbocycles. The molecule has 2 heterocycles. The SMILES string of the molecule is O=C(c1cnc[nH]1)N1CCCC1CCCO. The van der Waals surface area contributed by atoms with Gasteiger partial charge in [-0.2, -0.15) is 0 Å². The standard InChI is InChI=1S/C11H17N3O2/c15-6-2-4-9-3-1-5-14(9)11(16)10-7-12-8-13-10/h7-9,15H,1-6H2,(H,12,13). The Morgan fingerprint density at radius 1 is 1.69 bits per heavy atom. The largest absolute Gasteiger partial charge is 0.396 e. The Hall–Kier alpha value is -1.36. The lowest BCUT2D eigenvalue weighted by Crippen LogP contribution is -2.35. The van der Waals surface area contributed by atoms with Crippen molar-refractivity contribution >= 4 is 5.91 Å². The van der Waals surface area contributed by atoms with Crippen LogP contribution < -0.4 is 0 Å². The molecule has 0 bridgehead atoms. The summed E-state index contributed by atoms with van der Waals surface area (Å²) in [5.41, 5.74) is 0.552. The van der Waals surface area contributed by atoms with Gasteiger partial charge < -0.3 is 15.0 Å². The monoisotopic (exact) mass is 223 g/mol. The fourth-order valence-corrected chi connectivity index (χ4v) is 2.26. The van der Waals surface area contributed by atoms with Gasteiger partial charge in [-0.05, 0) is 25.7 Å². The van der Waals surface area contributed by atoms with Crippen molar-refractivity contribution in [2.75, 3.05) is 13.2 Å². The third-order valence-electron chi connectivity index (χ3n) is 3.06. The van der Waals surface area contributed by atoms with Crippen LogP contribution in [0.5, 0.6) is 0 Å². The number of aliphatic hydroxyl groups excluding tert-OH is 1. The molecule has 1 unspecified atom stereocenters. The molecule has 0 radical (unpaired) electrons. The van der Waals surface area contributed by atoms with E-state index in [1.165, 1.54) is 6.33 Å². The van der Waals surface area contributed by atoms with E-state index in [-0.39, 0.29) is 18.6 Å². The lowest BCUT2D eigenvalue weighted by Gasteiger charge is -2.23. The second-order valence-corrected chi connectivity index (χ2v) is 4.13. The van der Waals surface area contributed by atoms with Crippen LogP contribution in [0.25, 0.3) is 0 Å². The number of aromatic amines is 1. The van der Waals surface area contributed by atoms with Gasteiger partial charge in [-0.1, -0.05) is 0 Å². The topological polar surface area (TPSA) is 69.2 Å². The van der Waals surface area contributed by atoms with E-state index in [0.717, 1.165) is 32.2 Å². The third kappa shape index (κ3) is 2.24. The van der Waals surface area contributed by atoms with E-state index in [4.69, 9.17) is 5.11 Å². The summed E-state index contributed by atoms with van der Waals surface area (Å²) < 4.78 is 0. The molecule has 1 amide bonds. The highest BCUT2D eigenvalue weighted by molar-refractivity contribution is 5.92. The van der Waals surface area contributed by atoms with Crippen molar-refractivity contribution < 1.29 is 9.90 Å². The molecule has 2 N–H and O–H groups in total. The van der Waals surface area contributed by atoms with Crippen LogP contribution in [0.15, 0.2) is 12.5 Å². The smallest absolute Gasteiger partial charge is 0.272 e. The maximum Gasteiger partial charge on any atom is 0.272 e. The molecule has 16 heavy (non-hydrogen) atoms. The fraction of sp³-hybridized carbons (Fsp3) is 0.636. The summed E-state index contributed by atoms with van der Waals surface area (Å²) in [6.07, 6.45) is 6.82. The highest BCUT2D eigenvalue weighted by Crippen LogP contribution is 2.22. The van der Waals surface area contributed by atoms with E-state index >= 15 is 0 Å². The van der Waals surface area contributed by atoms with E-state index in [1.807, 2.05) is 4.90 Å². The number of likely N-dealkylation sites (tertiary alicyclic amines) is 1. The highest BCUT2D eigenvalue weighted by atomic mass is 16.3. The Bertz CT molecular complexity index is 337. The van der Waals surface area contributed by atoms with E-state index in [1.54, 1.807) is 6.20 Å². The number of carbonyl (C=O) groups excluding carboxylic acids is 1. The molecule has 5 heteroatoms. The number of aromatic nitrogens is 2. The van der Waals surface area contributed by atoms with Gasteiger partial charge in [0, 0.05) is 19.2 Å². The minimum Gasteiger partial charge on any atom is -0.396 e. The van der Waals surface area contributed by atoms with E-state index < -0.39 is 0 Å². The summed E-state index contributed by atoms with van der Waals surface area (Å²) in [6.45, 7) is 1.01. The van der Waals surface area contributed by atoms with Gasteiger partial charge in [-0.15, -0.1) is 0 Å². The predicted octanol–water partition coefficient (Wildman–Crippen LogP) is 0.787. The van der Waals surface area contributed by atoms with Crippen molar-refractivity contribution in [1.29, 1.82) is 0 Å². The zero-order chi connectivity index (χ0) is 11.4. The van der Waals surface area contributed by atoms with Crippen molar-refractivity contribution in [3.63, 3.8) is 0 Å². The van der Waals surface area contributed by atoms with Gasteiger partial charge in [0.15, 0.2) is 0 Å². The Morgan fingerprint density at radius 2 is 2.56 bits per heavy atom. The first-order valence-corrected chi connectivity index (χ1v) is 5.73. The summed E-state index contributed by atoms with van der Waals surface area (Å²) in [6, 6.07) is 0.281. The second-order valence-electron chi connectivity index (χ2n) is 4.13. The van der Waals surface area contributed by atoms with Crippen molar-refractivity contribution in [3.8, 4) is 0 Å². The normalized spacial score (nSPS) is 20.3. The summed E-state index contributed by atoms with van der Waals surface area (Å²) >= 11 is 0. The number of aliphatic hydroxyl groups is 1. The summed E-state index contributed by atoms with van der Waals surface area (Å²) in [5, 5.41) is 8.82. The zero-order valence-electron chi connectivity index (χ0n) is 9.22. The number of amides is 1. The molecule has 1 aromatic heterocycles. The minimum atomic E-state index is 0.0259. The highest BCUT2D eigenvalue weighted by Gasteiger charge is 2.29. The lowest BCUT2D eigenvalue weighted by molar-refractivity contribution is 0.0719. The van der Waals surface area contributed by atoms with Gasteiger partial charge >= 0.3 is 0 Å². The number of H-pyrrole nitrogens is 1. The third-order valence-corrected chi connectivity index (χ3v) is 3.06. The number of nitrogens with one attached hydrogen (secondary N) is 1. The predicted molar refractivity (Wildman–Crippen MR) is 59.0 cm³/mol. The van der Waals surface area contributed by atoms with Gasteiger partial charge in [0.2, 0.25) is 0 Å². The summed E-state index contributed by atoms with van der Waals surface area (Å²) in [5.74, 6) is 0.0259. The molecule has 1 aliphatic heterocycles. The van der Waals surface area contributed by atoms with Crippen molar-refractivity contribution in [1.82, 2.24) is 14.9 Å². The van der Waals surface area contributed by atoms with Crippen LogP contribution in [0.1, 0.15) is 36.2 Å². The zero-order valence-corrected chi connectivity index (χ0v) is 9.22. The molecule has 1 saturated heterocycles. The molecular formula is C11H17N3O2. The van der Waals surface area contributed by atoms with Crippen molar-refractivity contribution in [3.05, 3.63) is 18.2 Å². The van der Waals surface area contributed by atoms with E-state index in [2.05, 4.69) is 9.97 Å². The van der Waals surface area contributed by atoms with Gasteiger partial charge in [0.1, 0.15) is 5.69 Å². The molecular weight excluding hydrogens is 206 g/mol. The van der Waals surface area contributed by atoms with Crippen LogP contribution in [0, 0.1) is 0 Å². The quantitative estimate of drug-likeness (QED) is 0.792. The molecule has 2 rings (SSSR count). The van der Waals surface area contributed by atoms with Crippen molar-refractivity contribution in [2.24, 2.45) is 0 Å². The number of hydrogen-bond donors (Lipinski definition) is 2. The van der Waals surface area contributed by atoms with Crippen LogP contribution in [-0.2, 0) is 0 Å². The number of nitrogens with zero attached hydrogens (tertiary/aromatic N) is 2. The molecule has 1 atom stereocenters. The Labute approximate surface area is 94.5 Å². The molecule has 0 aromatic carbocycles. The summed E-state index contributed by atoms with van der Waals surface area (Å²) in [4.78, 5) is 20.7. The van der Waals surface area contributed by atoms with Crippen LogP contribution in [-0.4, -0.2) is 45.1 Å². The molecule has 0 aliphatic carbocycles. The van der Waals surface area contributed by atoms with Gasteiger partial charge in [-0.3, -0.25) is 4.79 Å². The number of carbonyl (C=O) groups is 1. The molecule has 1 fully saturated rings. The molecule has 0 spiro atoms. The average molecular weight is 223 g/mol. The molecule has 1 aromatic rings. The fourth-order valence-electron chi connectivity index (χ4n) is 2.26. The molecule has 1 aliphatic rings. The van der Waals surface area contributed by atoms with Crippen LogP contribution >= 0.6 is 0 Å². The van der Waals surface area contributed by atoms with Crippen molar-refractivity contribution in [2.45, 2.75) is 31.7 Å². The molecule has 5 nitrogen and oxygen atoms in total. The first kappa shape index (κ1) is 11.1. The first-order chi connectivity index (χ1) is 7.83. The second kappa shape index (κ2) is 5.12. The average Bonchev–Trinajstić information content (AvgIpc) is 2.96. The Morgan fingerprint density at radius 3 is 3.25 bits per heavy atom. The maximum atomic E-state index is 12.1.